The van der Waals surface area contributed by atoms with E-state index in [4.69, 9.17) is 4.98 Å². The van der Waals surface area contributed by atoms with Crippen LogP contribution in [0.4, 0.5) is 0 Å². The summed E-state index contributed by atoms with van der Waals surface area (Å²) in [6.45, 7) is 0. The van der Waals surface area contributed by atoms with Gasteiger partial charge in [0.2, 0.25) is 0 Å². The lowest BCUT2D eigenvalue weighted by Gasteiger charge is -2.13. The summed E-state index contributed by atoms with van der Waals surface area (Å²) in [4.78, 5) is 4.71. The molecule has 188 valence electrons. The molecule has 0 amide bonds. The van der Waals surface area contributed by atoms with Crippen LogP contribution in [-0.4, -0.2) is 24.3 Å². The minimum Gasteiger partial charge on any atom is -0.316 e. The molecule has 0 saturated heterocycles. The number of rotatable bonds is 4. The van der Waals surface area contributed by atoms with Crippen LogP contribution in [0, 0.1) is 0 Å². The Kier molecular flexibility index (Phi) is 5.07. The molecule has 0 atom stereocenters. The van der Waals surface area contributed by atoms with Gasteiger partial charge in [-0.05, 0) is 82.6 Å². The van der Waals surface area contributed by atoms with Crippen molar-refractivity contribution in [2.75, 3.05) is 0 Å². The molecule has 40 heavy (non-hydrogen) atoms. The summed E-state index contributed by atoms with van der Waals surface area (Å²) in [6, 6.07) is 38.1. The maximum absolute atomic E-state index is 4.71. The van der Waals surface area contributed by atoms with Gasteiger partial charge < -0.3 is 9.13 Å². The monoisotopic (exact) mass is 513 g/mol. The molecule has 0 radical (unpaired) electrons. The molecular formula is C35H23N5. The highest BCUT2D eigenvalue weighted by Gasteiger charge is 2.13. The number of benzene rings is 2. The summed E-state index contributed by atoms with van der Waals surface area (Å²) in [7, 11) is 0. The zero-order chi connectivity index (χ0) is 26.5. The maximum Gasteiger partial charge on any atom is 0.113 e. The molecule has 4 aliphatic heterocycles. The Morgan fingerprint density at radius 2 is 1.18 bits per heavy atom. The van der Waals surface area contributed by atoms with Crippen molar-refractivity contribution < 1.29 is 0 Å². The maximum atomic E-state index is 4.71. The van der Waals surface area contributed by atoms with E-state index in [0.717, 1.165) is 45.1 Å². The number of hydrogen-bond donors (Lipinski definition) is 0. The third-order valence-corrected chi connectivity index (χ3v) is 7.53. The van der Waals surface area contributed by atoms with Gasteiger partial charge in [0.25, 0.3) is 0 Å². The third kappa shape index (κ3) is 3.68. The topological polar surface area (TPSA) is 48.5 Å². The van der Waals surface area contributed by atoms with Crippen molar-refractivity contribution in [1.82, 2.24) is 24.3 Å². The van der Waals surface area contributed by atoms with Crippen molar-refractivity contribution in [2.45, 2.75) is 0 Å². The number of nitrogens with zero attached hydrogens (tertiary/aromatic N) is 5. The summed E-state index contributed by atoms with van der Waals surface area (Å²) in [5.74, 6) is 0. The van der Waals surface area contributed by atoms with Crippen LogP contribution in [-0.2, 0) is 0 Å². The normalized spacial score (nSPS) is 12.3. The smallest absolute Gasteiger partial charge is 0.113 e. The van der Waals surface area contributed by atoms with Gasteiger partial charge in [-0.25, -0.2) is 0 Å². The largest absolute Gasteiger partial charge is 0.316 e. The lowest BCUT2D eigenvalue weighted by atomic mass is 10.1. The fourth-order valence-corrected chi connectivity index (χ4v) is 5.58. The summed E-state index contributed by atoms with van der Waals surface area (Å²) in [5.41, 5.74) is 10.4. The number of hydrogen-bond acceptors (Lipinski definition) is 3. The van der Waals surface area contributed by atoms with Crippen LogP contribution < -0.4 is 0 Å². The standard InChI is InChI=1S/C35H23N5/c1-3-11-32-24(7-1)21-26-9-5-13-34(26)39(32)19-17-28-15-16-29-30(37-38-31(29)23-36-28)18-20-40-33-12-4-2-8-25(33)22-27-10-6-14-35(27)40/h1-23H/b19-17+,20-18+. The molecule has 4 heterocycles. The first-order valence-corrected chi connectivity index (χ1v) is 13.3. The van der Waals surface area contributed by atoms with Crippen LogP contribution in [0.25, 0.3) is 80.1 Å². The molecule has 0 saturated carbocycles. The van der Waals surface area contributed by atoms with Gasteiger partial charge in [-0.2, -0.15) is 0 Å². The van der Waals surface area contributed by atoms with Crippen molar-refractivity contribution in [3.05, 3.63) is 127 Å². The minimum atomic E-state index is 0.761. The van der Waals surface area contributed by atoms with Crippen LogP contribution in [0.15, 0.2) is 115 Å². The molecule has 6 aliphatic rings. The van der Waals surface area contributed by atoms with E-state index in [1.165, 1.54) is 21.9 Å². The Hall–Kier alpha value is -5.55. The zero-order valence-corrected chi connectivity index (χ0v) is 21.5. The molecule has 0 fully saturated rings. The first-order valence-electron chi connectivity index (χ1n) is 13.3. The van der Waals surface area contributed by atoms with Gasteiger partial charge >= 0.3 is 0 Å². The third-order valence-electron chi connectivity index (χ3n) is 7.53. The van der Waals surface area contributed by atoms with E-state index < -0.39 is 0 Å². The Bertz CT molecular complexity index is 2130. The van der Waals surface area contributed by atoms with Crippen LogP contribution in [0.5, 0.6) is 0 Å². The van der Waals surface area contributed by atoms with E-state index >= 15 is 0 Å². The average Bonchev–Trinajstić information content (AvgIpc) is 3.71. The Morgan fingerprint density at radius 1 is 0.550 bits per heavy atom. The van der Waals surface area contributed by atoms with Gasteiger partial charge in [0.05, 0.1) is 40.0 Å². The Balaban J connectivity index is 1.17. The molecule has 0 aromatic heterocycles. The lowest BCUT2D eigenvalue weighted by Crippen LogP contribution is -1.96. The fourth-order valence-electron chi connectivity index (χ4n) is 5.58. The predicted octanol–water partition coefficient (Wildman–Crippen LogP) is 8.35. The first-order chi connectivity index (χ1) is 19.8. The van der Waals surface area contributed by atoms with E-state index in [1.807, 2.05) is 18.2 Å². The van der Waals surface area contributed by atoms with Crippen molar-refractivity contribution in [3.8, 4) is 33.8 Å². The number of pyridine rings is 2. The van der Waals surface area contributed by atoms with Gasteiger partial charge in [0.1, 0.15) is 5.69 Å². The van der Waals surface area contributed by atoms with Gasteiger partial charge in [-0.1, -0.05) is 60.7 Å². The molecule has 8 rings (SSSR count). The van der Waals surface area contributed by atoms with Crippen LogP contribution >= 0.6 is 0 Å². The Morgan fingerprint density at radius 3 is 1.85 bits per heavy atom. The Labute approximate surface area is 231 Å². The molecule has 2 aromatic carbocycles. The SMILES string of the molecule is C(=C\n1c2cccc-2cc2ccccc21)/c1ccc2c(/C=C/n3c4cccc-4cc4ccccc43)nnc-2cn1. The van der Waals surface area contributed by atoms with Crippen LogP contribution in [0.3, 0.4) is 0 Å². The second kappa shape index (κ2) is 9.03. The summed E-state index contributed by atoms with van der Waals surface area (Å²) in [6.07, 6.45) is 10.0. The molecule has 0 unspecified atom stereocenters. The highest BCUT2D eigenvalue weighted by Crippen LogP contribution is 2.32. The minimum absolute atomic E-state index is 0.761. The van der Waals surface area contributed by atoms with E-state index in [0.29, 0.717) is 0 Å². The number of fused-ring (bicyclic) bond motifs is 5. The molecule has 0 bridgehead atoms. The molecule has 5 nitrogen and oxygen atoms in total. The second-order valence-corrected chi connectivity index (χ2v) is 9.91. The molecule has 5 heteroatoms. The highest BCUT2D eigenvalue weighted by atomic mass is 15.1. The van der Waals surface area contributed by atoms with Gasteiger partial charge in [-0.15, -0.1) is 10.2 Å². The van der Waals surface area contributed by atoms with Crippen molar-refractivity contribution >= 4 is 46.4 Å². The second-order valence-electron chi connectivity index (χ2n) is 9.91. The molecular weight excluding hydrogens is 490 g/mol. The quantitative estimate of drug-likeness (QED) is 0.238. The van der Waals surface area contributed by atoms with Crippen molar-refractivity contribution in [1.29, 1.82) is 0 Å². The summed E-state index contributed by atoms with van der Waals surface area (Å²) >= 11 is 0. The van der Waals surface area contributed by atoms with E-state index in [-0.39, 0.29) is 0 Å². The predicted molar refractivity (Wildman–Crippen MR) is 164 cm³/mol. The molecule has 0 spiro atoms. The van der Waals surface area contributed by atoms with Crippen molar-refractivity contribution in [2.24, 2.45) is 0 Å². The van der Waals surface area contributed by atoms with Gasteiger partial charge in [0, 0.05) is 18.0 Å². The van der Waals surface area contributed by atoms with Gasteiger partial charge in [-0.3, -0.25) is 4.98 Å². The average molecular weight is 514 g/mol. The first kappa shape index (κ1) is 22.4. The van der Waals surface area contributed by atoms with Crippen molar-refractivity contribution in [3.63, 3.8) is 0 Å². The number of para-hydroxylation sites is 2. The molecule has 2 aliphatic carbocycles. The van der Waals surface area contributed by atoms with E-state index in [9.17, 15) is 0 Å². The van der Waals surface area contributed by atoms with Crippen LogP contribution in [0.1, 0.15) is 11.4 Å². The zero-order valence-electron chi connectivity index (χ0n) is 21.5. The van der Waals surface area contributed by atoms with E-state index in [1.54, 1.807) is 6.20 Å². The lowest BCUT2D eigenvalue weighted by molar-refractivity contribution is 1.08. The number of aromatic nitrogens is 5. The van der Waals surface area contributed by atoms with E-state index in [2.05, 4.69) is 135 Å². The summed E-state index contributed by atoms with van der Waals surface area (Å²) < 4.78 is 4.44. The highest BCUT2D eigenvalue weighted by molar-refractivity contribution is 5.91. The fraction of sp³-hybridized carbons (Fsp3) is 0. The summed E-state index contributed by atoms with van der Waals surface area (Å²) in [5, 5.41) is 11.3. The van der Waals surface area contributed by atoms with Crippen LogP contribution in [0.2, 0.25) is 0 Å². The molecule has 2 aromatic rings. The molecule has 0 N–H and O–H groups in total. The van der Waals surface area contributed by atoms with Gasteiger partial charge in [0.15, 0.2) is 0 Å².